The van der Waals surface area contributed by atoms with Crippen LogP contribution in [-0.4, -0.2) is 72.8 Å². The van der Waals surface area contributed by atoms with Gasteiger partial charge in [0.15, 0.2) is 0 Å². The molecule has 8 nitrogen and oxygen atoms in total. The molecule has 0 aliphatic carbocycles. The van der Waals surface area contributed by atoms with Crippen molar-refractivity contribution in [3.05, 3.63) is 35.6 Å². The normalized spacial score (nSPS) is 25.4. The van der Waals surface area contributed by atoms with Gasteiger partial charge < -0.3 is 9.80 Å². The Hall–Kier alpha value is -2.52. The molecule has 0 saturated carbocycles. The highest BCUT2D eigenvalue weighted by molar-refractivity contribution is 6.05. The third-order valence-corrected chi connectivity index (χ3v) is 5.30. The van der Waals surface area contributed by atoms with E-state index in [2.05, 4.69) is 10.9 Å². The quantitative estimate of drug-likeness (QED) is 0.723. The first-order valence-electron chi connectivity index (χ1n) is 8.81. The van der Waals surface area contributed by atoms with E-state index in [9.17, 15) is 18.8 Å². The molecule has 3 atom stereocenters. The Morgan fingerprint density at radius 3 is 2.52 bits per heavy atom. The Kier molecular flexibility index (Phi) is 5.43. The van der Waals surface area contributed by atoms with Crippen molar-refractivity contribution in [2.24, 2.45) is 5.92 Å². The summed E-state index contributed by atoms with van der Waals surface area (Å²) in [6, 6.07) is 5.06. The number of benzene rings is 1. The zero-order chi connectivity index (χ0) is 19.7. The van der Waals surface area contributed by atoms with Crippen LogP contribution in [0.5, 0.6) is 0 Å². The van der Waals surface area contributed by atoms with Crippen LogP contribution in [0.4, 0.5) is 9.18 Å². The van der Waals surface area contributed by atoms with E-state index in [1.165, 1.54) is 31.1 Å². The standard InChI is InChI=1S/C18H24FN5O3/c1-22(15(25)8-14-17(26)24(3)18(27)23(14)2)10-12-9-20-21-16(12)11-4-6-13(19)7-5-11/h4-7,12,14,16,20-21H,8-10H2,1-3H3. The molecule has 1 aromatic rings. The maximum Gasteiger partial charge on any atom is 0.326 e. The van der Waals surface area contributed by atoms with Gasteiger partial charge in [-0.05, 0) is 17.7 Å². The van der Waals surface area contributed by atoms with Gasteiger partial charge in [-0.2, -0.15) is 0 Å². The van der Waals surface area contributed by atoms with Crippen molar-refractivity contribution >= 4 is 17.8 Å². The van der Waals surface area contributed by atoms with Gasteiger partial charge in [0, 0.05) is 40.2 Å². The van der Waals surface area contributed by atoms with Crippen molar-refractivity contribution in [1.82, 2.24) is 25.6 Å². The van der Waals surface area contributed by atoms with Gasteiger partial charge in [0.2, 0.25) is 5.91 Å². The van der Waals surface area contributed by atoms with Crippen LogP contribution in [-0.2, 0) is 9.59 Å². The van der Waals surface area contributed by atoms with E-state index >= 15 is 0 Å². The Morgan fingerprint density at radius 2 is 1.93 bits per heavy atom. The van der Waals surface area contributed by atoms with Gasteiger partial charge in [0.1, 0.15) is 11.9 Å². The van der Waals surface area contributed by atoms with Crippen LogP contribution in [0, 0.1) is 11.7 Å². The van der Waals surface area contributed by atoms with Gasteiger partial charge >= 0.3 is 6.03 Å². The molecule has 2 heterocycles. The fourth-order valence-corrected chi connectivity index (χ4v) is 3.58. The Labute approximate surface area is 157 Å². The van der Waals surface area contributed by atoms with Crippen molar-refractivity contribution in [3.8, 4) is 0 Å². The average molecular weight is 377 g/mol. The highest BCUT2D eigenvalue weighted by Gasteiger charge is 2.42. The summed E-state index contributed by atoms with van der Waals surface area (Å²) in [5.74, 6) is -0.769. The summed E-state index contributed by atoms with van der Waals surface area (Å²) in [7, 11) is 4.63. The molecule has 0 spiro atoms. The molecule has 3 unspecified atom stereocenters. The van der Waals surface area contributed by atoms with Gasteiger partial charge in [-0.15, -0.1) is 0 Å². The monoisotopic (exact) mass is 377 g/mol. The minimum atomic E-state index is -0.759. The molecule has 1 aromatic carbocycles. The predicted molar refractivity (Wildman–Crippen MR) is 95.7 cm³/mol. The van der Waals surface area contributed by atoms with E-state index < -0.39 is 12.1 Å². The van der Waals surface area contributed by atoms with E-state index in [1.54, 1.807) is 24.1 Å². The van der Waals surface area contributed by atoms with Crippen LogP contribution in [0.1, 0.15) is 18.0 Å². The number of rotatable bonds is 5. The third kappa shape index (κ3) is 3.79. The first-order chi connectivity index (χ1) is 12.8. The fraction of sp³-hybridized carbons (Fsp3) is 0.500. The summed E-state index contributed by atoms with van der Waals surface area (Å²) < 4.78 is 13.2. The van der Waals surface area contributed by atoms with Gasteiger partial charge in [-0.3, -0.25) is 19.9 Å². The lowest BCUT2D eigenvalue weighted by molar-refractivity contribution is -0.135. The summed E-state index contributed by atoms with van der Waals surface area (Å²) in [4.78, 5) is 40.5. The van der Waals surface area contributed by atoms with E-state index in [0.717, 1.165) is 10.5 Å². The zero-order valence-corrected chi connectivity index (χ0v) is 15.6. The Balaban J connectivity index is 1.61. The summed E-state index contributed by atoms with van der Waals surface area (Å²) >= 11 is 0. The van der Waals surface area contributed by atoms with Crippen LogP contribution in [0.25, 0.3) is 0 Å². The van der Waals surface area contributed by atoms with E-state index in [-0.39, 0.29) is 36.0 Å². The number of likely N-dealkylation sites (N-methyl/N-ethyl adjacent to an activating group) is 2. The molecule has 2 saturated heterocycles. The van der Waals surface area contributed by atoms with Gasteiger partial charge in [-0.1, -0.05) is 12.1 Å². The number of amides is 4. The summed E-state index contributed by atoms with van der Waals surface area (Å²) in [6.45, 7) is 1.12. The molecule has 0 radical (unpaired) electrons. The number of imide groups is 1. The largest absolute Gasteiger partial charge is 0.345 e. The molecule has 2 aliphatic rings. The summed E-state index contributed by atoms with van der Waals surface area (Å²) in [5, 5.41) is 0. The lowest BCUT2D eigenvalue weighted by Gasteiger charge is -2.26. The van der Waals surface area contributed by atoms with Crippen LogP contribution >= 0.6 is 0 Å². The molecule has 2 N–H and O–H groups in total. The lowest BCUT2D eigenvalue weighted by atomic mass is 9.94. The Bertz CT molecular complexity index is 741. The molecular weight excluding hydrogens is 353 g/mol. The fourth-order valence-electron chi connectivity index (χ4n) is 3.58. The molecule has 3 rings (SSSR count). The molecule has 27 heavy (non-hydrogen) atoms. The number of nitrogens with one attached hydrogen (secondary N) is 2. The number of nitrogens with zero attached hydrogens (tertiary/aromatic N) is 3. The third-order valence-electron chi connectivity index (χ3n) is 5.30. The number of hydrazine groups is 1. The van der Waals surface area contributed by atoms with E-state index in [4.69, 9.17) is 0 Å². The minimum Gasteiger partial charge on any atom is -0.345 e. The number of hydrogen-bond donors (Lipinski definition) is 2. The second-order valence-corrected chi connectivity index (χ2v) is 7.10. The second kappa shape index (κ2) is 7.61. The van der Waals surface area contributed by atoms with E-state index in [0.29, 0.717) is 13.1 Å². The highest BCUT2D eigenvalue weighted by atomic mass is 19.1. The van der Waals surface area contributed by atoms with Gasteiger partial charge in [0.05, 0.1) is 12.5 Å². The highest BCUT2D eigenvalue weighted by Crippen LogP contribution is 2.26. The minimum absolute atomic E-state index is 0.0449. The molecule has 0 aromatic heterocycles. The molecule has 2 fully saturated rings. The molecule has 0 bridgehead atoms. The topological polar surface area (TPSA) is 85.0 Å². The molecule has 146 valence electrons. The number of carbonyl (C=O) groups excluding carboxylic acids is 3. The smallest absolute Gasteiger partial charge is 0.326 e. The van der Waals surface area contributed by atoms with E-state index in [1.807, 2.05) is 0 Å². The Morgan fingerprint density at radius 1 is 1.26 bits per heavy atom. The number of urea groups is 1. The number of hydrogen-bond acceptors (Lipinski definition) is 5. The van der Waals surface area contributed by atoms with Crippen molar-refractivity contribution in [3.63, 3.8) is 0 Å². The lowest BCUT2D eigenvalue weighted by Crippen LogP contribution is -2.40. The van der Waals surface area contributed by atoms with Crippen molar-refractivity contribution in [2.45, 2.75) is 18.5 Å². The average Bonchev–Trinajstić information content (AvgIpc) is 3.17. The maximum absolute atomic E-state index is 13.2. The second-order valence-electron chi connectivity index (χ2n) is 7.10. The van der Waals surface area contributed by atoms with Crippen LogP contribution in [0.15, 0.2) is 24.3 Å². The molecule has 4 amide bonds. The number of halogens is 1. The van der Waals surface area contributed by atoms with Crippen LogP contribution in [0.3, 0.4) is 0 Å². The van der Waals surface area contributed by atoms with Crippen LogP contribution in [0.2, 0.25) is 0 Å². The first kappa shape index (κ1) is 19.2. The molecular formula is C18H24FN5O3. The summed E-state index contributed by atoms with van der Waals surface area (Å²) in [5.41, 5.74) is 7.18. The van der Waals surface area contributed by atoms with Crippen molar-refractivity contribution in [2.75, 3.05) is 34.2 Å². The van der Waals surface area contributed by atoms with Crippen molar-refractivity contribution in [1.29, 1.82) is 0 Å². The first-order valence-corrected chi connectivity index (χ1v) is 8.81. The summed E-state index contributed by atoms with van der Waals surface area (Å²) in [6.07, 6.45) is -0.0449. The number of carbonyl (C=O) groups is 3. The van der Waals surface area contributed by atoms with Gasteiger partial charge in [-0.25, -0.2) is 14.6 Å². The SMILES string of the molecule is CN(CC1CNNC1c1ccc(F)cc1)C(=O)CC1C(=O)N(C)C(=O)N1C. The van der Waals surface area contributed by atoms with Crippen molar-refractivity contribution < 1.29 is 18.8 Å². The van der Waals surface area contributed by atoms with Crippen LogP contribution < -0.4 is 10.9 Å². The predicted octanol–water partition coefficient (Wildman–Crippen LogP) is 0.332. The molecule has 9 heteroatoms. The maximum atomic E-state index is 13.2. The zero-order valence-electron chi connectivity index (χ0n) is 15.6. The van der Waals surface area contributed by atoms with Gasteiger partial charge in [0.25, 0.3) is 5.91 Å². The molecule has 2 aliphatic heterocycles.